The molecular formula is C11H18N2O4S2. The Kier molecular flexibility index (Phi) is 5.33. The summed E-state index contributed by atoms with van der Waals surface area (Å²) in [6.07, 6.45) is 1.52. The van der Waals surface area contributed by atoms with Gasteiger partial charge in [-0.25, -0.2) is 13.1 Å². The maximum Gasteiger partial charge on any atom is 0.240 e. The maximum absolute atomic E-state index is 12.1. The van der Waals surface area contributed by atoms with Crippen molar-refractivity contribution in [3.05, 3.63) is 18.2 Å². The van der Waals surface area contributed by atoms with Crippen LogP contribution in [0.5, 0.6) is 5.75 Å². The fraction of sp³-hybridized carbons (Fsp3) is 0.455. The molecule has 108 valence electrons. The summed E-state index contributed by atoms with van der Waals surface area (Å²) in [4.78, 5) is 0.0623. The molecule has 0 heterocycles. The van der Waals surface area contributed by atoms with Crippen LogP contribution in [0.4, 0.5) is 5.69 Å². The number of rotatable bonds is 6. The van der Waals surface area contributed by atoms with Crippen molar-refractivity contribution >= 4 is 26.5 Å². The number of nitrogens with two attached hydrogens (primary N) is 1. The first-order valence-corrected chi connectivity index (χ1v) is 8.73. The van der Waals surface area contributed by atoms with Crippen LogP contribution in [0, 0.1) is 0 Å². The second kappa shape index (κ2) is 6.36. The summed E-state index contributed by atoms with van der Waals surface area (Å²) in [6.45, 7) is 1.66. The van der Waals surface area contributed by atoms with Crippen molar-refractivity contribution in [1.29, 1.82) is 0 Å². The van der Waals surface area contributed by atoms with Gasteiger partial charge in [-0.15, -0.1) is 0 Å². The molecule has 0 fully saturated rings. The molecule has 8 heteroatoms. The summed E-state index contributed by atoms with van der Waals surface area (Å²) in [5.74, 6) is 0.556. The second-order valence-electron chi connectivity index (χ2n) is 4.17. The molecule has 0 spiro atoms. The Bertz CT molecular complexity index is 572. The van der Waals surface area contributed by atoms with Gasteiger partial charge in [0.1, 0.15) is 5.75 Å². The van der Waals surface area contributed by atoms with Crippen molar-refractivity contribution < 1.29 is 17.4 Å². The van der Waals surface area contributed by atoms with Gasteiger partial charge in [-0.3, -0.25) is 4.21 Å². The first-order chi connectivity index (χ1) is 8.76. The zero-order chi connectivity index (χ0) is 14.6. The SMILES string of the molecule is COc1cc(S(=O)(=O)NC(C)CS(C)=O)ccc1N. The lowest BCUT2D eigenvalue weighted by Crippen LogP contribution is -2.36. The molecule has 0 aromatic heterocycles. The number of sulfonamides is 1. The molecule has 0 saturated heterocycles. The Balaban J connectivity index is 2.97. The molecule has 1 rings (SSSR count). The number of hydrogen-bond acceptors (Lipinski definition) is 5. The van der Waals surface area contributed by atoms with Crippen molar-refractivity contribution in [2.45, 2.75) is 17.9 Å². The smallest absolute Gasteiger partial charge is 0.240 e. The summed E-state index contributed by atoms with van der Waals surface area (Å²) < 4.78 is 42.7. The first kappa shape index (κ1) is 15.9. The molecule has 2 atom stereocenters. The molecule has 6 nitrogen and oxygen atoms in total. The summed E-state index contributed by atoms with van der Waals surface area (Å²) in [6, 6.07) is 3.80. The molecule has 2 unspecified atom stereocenters. The molecular weight excluding hydrogens is 288 g/mol. The average molecular weight is 306 g/mol. The monoisotopic (exact) mass is 306 g/mol. The van der Waals surface area contributed by atoms with Gasteiger partial charge in [0.25, 0.3) is 0 Å². The second-order valence-corrected chi connectivity index (χ2v) is 7.36. The van der Waals surface area contributed by atoms with E-state index in [2.05, 4.69) is 4.72 Å². The highest BCUT2D eigenvalue weighted by molar-refractivity contribution is 7.89. The van der Waals surface area contributed by atoms with Gasteiger partial charge in [0.15, 0.2) is 0 Å². The van der Waals surface area contributed by atoms with Crippen molar-refractivity contribution in [3.63, 3.8) is 0 Å². The largest absolute Gasteiger partial charge is 0.495 e. The van der Waals surface area contributed by atoms with E-state index in [-0.39, 0.29) is 10.6 Å². The Morgan fingerprint density at radius 1 is 1.47 bits per heavy atom. The Hall–Kier alpha value is -1.12. The average Bonchev–Trinajstić information content (AvgIpc) is 2.27. The molecule has 0 radical (unpaired) electrons. The molecule has 0 aliphatic rings. The lowest BCUT2D eigenvalue weighted by Gasteiger charge is -2.14. The van der Waals surface area contributed by atoms with E-state index in [0.717, 1.165) is 0 Å². The molecule has 0 saturated carbocycles. The van der Waals surface area contributed by atoms with Crippen LogP contribution < -0.4 is 15.2 Å². The predicted octanol–water partition coefficient (Wildman–Crippen LogP) is 0.323. The van der Waals surface area contributed by atoms with E-state index in [1.165, 1.54) is 31.6 Å². The summed E-state index contributed by atoms with van der Waals surface area (Å²) in [5, 5.41) is 0. The minimum absolute atomic E-state index is 0.0623. The van der Waals surface area contributed by atoms with Crippen molar-refractivity contribution in [3.8, 4) is 5.75 Å². The van der Waals surface area contributed by atoms with Crippen LogP contribution in [0.25, 0.3) is 0 Å². The maximum atomic E-state index is 12.1. The third-order valence-corrected chi connectivity index (χ3v) is 4.91. The van der Waals surface area contributed by atoms with E-state index in [4.69, 9.17) is 10.5 Å². The van der Waals surface area contributed by atoms with E-state index in [0.29, 0.717) is 11.4 Å². The third-order valence-electron chi connectivity index (χ3n) is 2.36. The number of hydrogen-bond donors (Lipinski definition) is 2. The number of benzene rings is 1. The molecule has 19 heavy (non-hydrogen) atoms. The minimum atomic E-state index is -3.67. The van der Waals surface area contributed by atoms with Crippen molar-refractivity contribution in [2.24, 2.45) is 0 Å². The molecule has 0 aliphatic carbocycles. The standard InChI is InChI=1S/C11H18N2O4S2/c1-8(7-18(3)14)13-19(15,16)9-4-5-10(12)11(6-9)17-2/h4-6,8,13H,7,12H2,1-3H3. The van der Waals surface area contributed by atoms with E-state index < -0.39 is 26.9 Å². The number of nitrogen functional groups attached to an aromatic ring is 1. The van der Waals surface area contributed by atoms with Crippen LogP contribution in [0.1, 0.15) is 6.92 Å². The van der Waals surface area contributed by atoms with Gasteiger partial charge in [0.2, 0.25) is 10.0 Å². The zero-order valence-corrected chi connectivity index (χ0v) is 12.7. The molecule has 0 aliphatic heterocycles. The topological polar surface area (TPSA) is 98.5 Å². The van der Waals surface area contributed by atoms with Crippen molar-refractivity contribution in [2.75, 3.05) is 24.9 Å². The lowest BCUT2D eigenvalue weighted by atomic mass is 10.3. The van der Waals surface area contributed by atoms with Gasteiger partial charge in [0.05, 0.1) is 17.7 Å². The quantitative estimate of drug-likeness (QED) is 0.738. The predicted molar refractivity (Wildman–Crippen MR) is 76.1 cm³/mol. The Morgan fingerprint density at radius 3 is 2.63 bits per heavy atom. The van der Waals surface area contributed by atoms with E-state index in [9.17, 15) is 12.6 Å². The van der Waals surface area contributed by atoms with Gasteiger partial charge in [0, 0.05) is 34.9 Å². The molecule has 0 amide bonds. The number of methoxy groups -OCH3 is 1. The van der Waals surface area contributed by atoms with Crippen LogP contribution >= 0.6 is 0 Å². The Morgan fingerprint density at radius 2 is 2.11 bits per heavy atom. The minimum Gasteiger partial charge on any atom is -0.495 e. The number of anilines is 1. The van der Waals surface area contributed by atoms with Crippen LogP contribution in [-0.4, -0.2) is 37.8 Å². The van der Waals surface area contributed by atoms with Gasteiger partial charge in [-0.2, -0.15) is 0 Å². The lowest BCUT2D eigenvalue weighted by molar-refractivity contribution is 0.415. The Labute approximate surface area is 115 Å². The van der Waals surface area contributed by atoms with Crippen LogP contribution in [-0.2, 0) is 20.8 Å². The van der Waals surface area contributed by atoms with Gasteiger partial charge >= 0.3 is 0 Å². The molecule has 1 aromatic rings. The van der Waals surface area contributed by atoms with Crippen LogP contribution in [0.3, 0.4) is 0 Å². The third kappa shape index (κ3) is 4.48. The summed E-state index contributed by atoms with van der Waals surface area (Å²) in [5.41, 5.74) is 5.99. The zero-order valence-electron chi connectivity index (χ0n) is 11.0. The van der Waals surface area contributed by atoms with Crippen LogP contribution in [0.15, 0.2) is 23.1 Å². The van der Waals surface area contributed by atoms with E-state index in [1.54, 1.807) is 6.92 Å². The van der Waals surface area contributed by atoms with Gasteiger partial charge < -0.3 is 10.5 Å². The van der Waals surface area contributed by atoms with Crippen LogP contribution in [0.2, 0.25) is 0 Å². The highest BCUT2D eigenvalue weighted by atomic mass is 32.2. The van der Waals surface area contributed by atoms with E-state index >= 15 is 0 Å². The fourth-order valence-electron chi connectivity index (χ4n) is 1.58. The van der Waals surface area contributed by atoms with Crippen molar-refractivity contribution in [1.82, 2.24) is 4.72 Å². The fourth-order valence-corrected chi connectivity index (χ4v) is 3.73. The molecule has 3 N–H and O–H groups in total. The normalized spacial score (nSPS) is 14.9. The summed E-state index contributed by atoms with van der Waals surface area (Å²) >= 11 is 0. The number of ether oxygens (including phenoxy) is 1. The van der Waals surface area contributed by atoms with Gasteiger partial charge in [-0.1, -0.05) is 0 Å². The summed E-state index contributed by atoms with van der Waals surface area (Å²) in [7, 11) is -3.33. The first-order valence-electron chi connectivity index (χ1n) is 5.52. The highest BCUT2D eigenvalue weighted by Gasteiger charge is 2.19. The number of nitrogens with one attached hydrogen (secondary N) is 1. The molecule has 0 bridgehead atoms. The van der Waals surface area contributed by atoms with E-state index in [1.807, 2.05) is 0 Å². The molecule has 1 aromatic carbocycles. The highest BCUT2D eigenvalue weighted by Crippen LogP contribution is 2.24. The van der Waals surface area contributed by atoms with Gasteiger partial charge in [-0.05, 0) is 19.1 Å².